The lowest BCUT2D eigenvalue weighted by atomic mass is 10.2. The van der Waals surface area contributed by atoms with Crippen LogP contribution >= 0.6 is 11.8 Å². The monoisotopic (exact) mass is 408 g/mol. The fraction of sp³-hybridized carbons (Fsp3) is 0.444. The summed E-state index contributed by atoms with van der Waals surface area (Å²) >= 11 is 1.23. The van der Waals surface area contributed by atoms with E-state index in [9.17, 15) is 18.8 Å². The molecule has 2 aliphatic rings. The Morgan fingerprint density at radius 3 is 2.93 bits per heavy atom. The molecule has 3 amide bonds. The molecule has 150 valence electrons. The third-order valence-electron chi connectivity index (χ3n) is 4.31. The molecule has 2 aliphatic heterocycles. The van der Waals surface area contributed by atoms with Crippen LogP contribution in [0.2, 0.25) is 0 Å². The molecule has 0 spiro atoms. The highest BCUT2D eigenvalue weighted by Gasteiger charge is 2.33. The predicted molar refractivity (Wildman–Crippen MR) is 104 cm³/mol. The van der Waals surface area contributed by atoms with Crippen molar-refractivity contribution in [1.29, 1.82) is 0 Å². The van der Waals surface area contributed by atoms with Gasteiger partial charge in [0.2, 0.25) is 5.91 Å². The maximum atomic E-state index is 14.7. The first-order valence-electron chi connectivity index (χ1n) is 8.95. The number of cyclic esters (lactones) is 1. The maximum Gasteiger partial charge on any atom is 0.414 e. The second-order valence-electron chi connectivity index (χ2n) is 6.51. The van der Waals surface area contributed by atoms with E-state index in [0.717, 1.165) is 6.42 Å². The molecule has 1 saturated heterocycles. The zero-order chi connectivity index (χ0) is 20.3. The number of ether oxygens (including phenoxy) is 1. The van der Waals surface area contributed by atoms with E-state index < -0.39 is 18.0 Å². The van der Waals surface area contributed by atoms with Crippen LogP contribution in [0.5, 0.6) is 0 Å². The van der Waals surface area contributed by atoms with E-state index in [1.807, 2.05) is 6.92 Å². The van der Waals surface area contributed by atoms with Crippen LogP contribution in [0.4, 0.5) is 14.9 Å². The van der Waals surface area contributed by atoms with Crippen LogP contribution in [-0.2, 0) is 14.3 Å². The Morgan fingerprint density at radius 1 is 1.46 bits per heavy atom. The highest BCUT2D eigenvalue weighted by molar-refractivity contribution is 8.15. The average molecular weight is 408 g/mol. The fourth-order valence-corrected chi connectivity index (χ4v) is 4.08. The number of rotatable bonds is 6. The second-order valence-corrected chi connectivity index (χ2v) is 7.70. The number of benzene rings is 1. The van der Waals surface area contributed by atoms with Crippen molar-refractivity contribution in [2.75, 3.05) is 18.0 Å². The third-order valence-corrected chi connectivity index (χ3v) is 5.58. The van der Waals surface area contributed by atoms with Gasteiger partial charge in [-0.25, -0.2) is 14.6 Å². The first-order valence-corrected chi connectivity index (χ1v) is 9.83. The van der Waals surface area contributed by atoms with Crippen molar-refractivity contribution in [3.05, 3.63) is 29.6 Å². The molecule has 0 saturated carbocycles. The molecule has 0 aliphatic carbocycles. The number of nitrogens with zero attached hydrogens (tertiary/aromatic N) is 2. The summed E-state index contributed by atoms with van der Waals surface area (Å²) in [6.07, 6.45) is 0.408. The van der Waals surface area contributed by atoms with Crippen LogP contribution in [0.15, 0.2) is 23.3 Å². The Balaban J connectivity index is 1.73. The Hall–Kier alpha value is -2.62. The SMILES string of the molecule is CCCC1SC(c2ccc(N3CC(CNC(C)=O)OC3=O)cc2F)=NNC1=O. The van der Waals surface area contributed by atoms with Crippen LogP contribution in [0.1, 0.15) is 32.3 Å². The summed E-state index contributed by atoms with van der Waals surface area (Å²) in [5.41, 5.74) is 3.06. The zero-order valence-electron chi connectivity index (χ0n) is 15.5. The summed E-state index contributed by atoms with van der Waals surface area (Å²) in [7, 11) is 0. The third kappa shape index (κ3) is 4.44. The fourth-order valence-electron chi connectivity index (χ4n) is 2.91. The number of hydrogen-bond donors (Lipinski definition) is 2. The van der Waals surface area contributed by atoms with E-state index in [1.54, 1.807) is 6.07 Å². The van der Waals surface area contributed by atoms with Gasteiger partial charge in [0.25, 0.3) is 5.91 Å². The predicted octanol–water partition coefficient (Wildman–Crippen LogP) is 1.98. The number of amides is 3. The van der Waals surface area contributed by atoms with Gasteiger partial charge in [-0.3, -0.25) is 14.5 Å². The van der Waals surface area contributed by atoms with Crippen LogP contribution < -0.4 is 15.6 Å². The molecule has 1 aromatic rings. The number of hydrazone groups is 1. The van der Waals surface area contributed by atoms with E-state index in [4.69, 9.17) is 4.74 Å². The molecule has 1 aromatic carbocycles. The van der Waals surface area contributed by atoms with Crippen molar-refractivity contribution in [2.24, 2.45) is 5.10 Å². The second kappa shape index (κ2) is 8.59. The molecule has 2 heterocycles. The van der Waals surface area contributed by atoms with E-state index in [1.165, 1.54) is 35.7 Å². The van der Waals surface area contributed by atoms with Gasteiger partial charge >= 0.3 is 6.09 Å². The molecule has 10 heteroatoms. The van der Waals surface area contributed by atoms with Crippen LogP contribution in [0.25, 0.3) is 0 Å². The lowest BCUT2D eigenvalue weighted by Gasteiger charge is -2.21. The van der Waals surface area contributed by atoms with E-state index in [-0.39, 0.29) is 35.7 Å². The lowest BCUT2D eigenvalue weighted by molar-refractivity contribution is -0.121. The number of carbonyl (C=O) groups excluding carboxylic acids is 3. The summed E-state index contributed by atoms with van der Waals surface area (Å²) in [6.45, 7) is 3.76. The van der Waals surface area contributed by atoms with Crippen LogP contribution in [-0.4, -0.2) is 47.4 Å². The summed E-state index contributed by atoms with van der Waals surface area (Å²) < 4.78 is 19.9. The minimum absolute atomic E-state index is 0.183. The number of thioether (sulfide) groups is 1. The van der Waals surface area contributed by atoms with E-state index in [0.29, 0.717) is 17.2 Å². The highest BCUT2D eigenvalue weighted by atomic mass is 32.2. The number of hydrogen-bond acceptors (Lipinski definition) is 6. The molecule has 2 unspecified atom stereocenters. The number of anilines is 1. The van der Waals surface area contributed by atoms with Gasteiger partial charge in [0, 0.05) is 12.5 Å². The van der Waals surface area contributed by atoms with Crippen molar-refractivity contribution in [2.45, 2.75) is 38.0 Å². The molecule has 0 bridgehead atoms. The van der Waals surface area contributed by atoms with Gasteiger partial charge in [-0.05, 0) is 24.6 Å². The summed E-state index contributed by atoms with van der Waals surface area (Å²) in [5.74, 6) is -0.949. The smallest absolute Gasteiger partial charge is 0.414 e. The average Bonchev–Trinajstić information content (AvgIpc) is 3.03. The summed E-state index contributed by atoms with van der Waals surface area (Å²) in [4.78, 5) is 36.2. The van der Waals surface area contributed by atoms with Gasteiger partial charge in [0.05, 0.1) is 24.0 Å². The van der Waals surface area contributed by atoms with Gasteiger partial charge in [0.1, 0.15) is 17.0 Å². The van der Waals surface area contributed by atoms with Crippen molar-refractivity contribution in [1.82, 2.24) is 10.7 Å². The number of nitrogens with one attached hydrogen (secondary N) is 2. The highest BCUT2D eigenvalue weighted by Crippen LogP contribution is 2.29. The summed E-state index contributed by atoms with van der Waals surface area (Å²) in [6, 6.07) is 4.38. The van der Waals surface area contributed by atoms with E-state index in [2.05, 4.69) is 15.8 Å². The normalized spacial score (nSPS) is 21.8. The van der Waals surface area contributed by atoms with Gasteiger partial charge < -0.3 is 10.1 Å². The molecule has 0 radical (unpaired) electrons. The van der Waals surface area contributed by atoms with Gasteiger partial charge in [-0.2, -0.15) is 5.10 Å². The molecular weight excluding hydrogens is 387 g/mol. The zero-order valence-corrected chi connectivity index (χ0v) is 16.3. The van der Waals surface area contributed by atoms with E-state index >= 15 is 0 Å². The maximum absolute atomic E-state index is 14.7. The Kier molecular flexibility index (Phi) is 6.18. The molecule has 3 rings (SSSR count). The molecular formula is C18H21FN4O4S. The number of carbonyl (C=O) groups is 3. The molecule has 2 N–H and O–H groups in total. The molecule has 28 heavy (non-hydrogen) atoms. The Morgan fingerprint density at radius 2 is 2.25 bits per heavy atom. The molecule has 0 aromatic heterocycles. The van der Waals surface area contributed by atoms with Crippen molar-refractivity contribution in [3.63, 3.8) is 0 Å². The standard InChI is InChI=1S/C18H21FN4O4S/c1-3-4-15-16(25)21-22-17(28-15)13-6-5-11(7-14(13)19)23-9-12(27-18(23)26)8-20-10(2)24/h5-7,12,15H,3-4,8-9H2,1-2H3,(H,20,24)(H,21,25). The first kappa shape index (κ1) is 20.1. The van der Waals surface area contributed by atoms with Gasteiger partial charge in [-0.1, -0.05) is 25.1 Å². The quantitative estimate of drug-likeness (QED) is 0.750. The minimum Gasteiger partial charge on any atom is -0.442 e. The van der Waals surface area contributed by atoms with Crippen molar-refractivity contribution < 1.29 is 23.5 Å². The van der Waals surface area contributed by atoms with Gasteiger partial charge in [0.15, 0.2) is 0 Å². The summed E-state index contributed by atoms with van der Waals surface area (Å²) in [5, 5.41) is 6.65. The molecule has 2 atom stereocenters. The number of halogens is 1. The Labute approximate surface area is 165 Å². The van der Waals surface area contributed by atoms with Crippen LogP contribution in [0.3, 0.4) is 0 Å². The van der Waals surface area contributed by atoms with Crippen LogP contribution in [0, 0.1) is 5.82 Å². The van der Waals surface area contributed by atoms with Gasteiger partial charge in [-0.15, -0.1) is 0 Å². The molecule has 1 fully saturated rings. The van der Waals surface area contributed by atoms with Crippen molar-refractivity contribution >= 4 is 40.4 Å². The largest absolute Gasteiger partial charge is 0.442 e. The Bertz CT molecular complexity index is 832. The molecule has 8 nitrogen and oxygen atoms in total. The van der Waals surface area contributed by atoms with Crippen molar-refractivity contribution in [3.8, 4) is 0 Å². The topological polar surface area (TPSA) is 100 Å². The minimum atomic E-state index is -0.595. The first-order chi connectivity index (χ1) is 13.4. The lowest BCUT2D eigenvalue weighted by Crippen LogP contribution is -2.35.